The normalized spacial score (nSPS) is 14.1. The maximum absolute atomic E-state index is 12.5. The van der Waals surface area contributed by atoms with Gasteiger partial charge in [-0.25, -0.2) is 4.57 Å². The van der Waals surface area contributed by atoms with Crippen molar-refractivity contribution in [3.05, 3.63) is 12.2 Å². The summed E-state index contributed by atoms with van der Waals surface area (Å²) in [7, 11) is -4.70. The number of carbonyl (C=O) groups is 3. The summed E-state index contributed by atoms with van der Waals surface area (Å²) in [5.41, 5.74) is 5.31. The van der Waals surface area contributed by atoms with Crippen molar-refractivity contribution in [3.8, 4) is 0 Å². The molecule has 11 nitrogen and oxygen atoms in total. The molecule has 0 bridgehead atoms. The fourth-order valence-electron chi connectivity index (χ4n) is 5.00. The van der Waals surface area contributed by atoms with E-state index >= 15 is 0 Å². The Kier molecular flexibility index (Phi) is 31.2. The summed E-state index contributed by atoms with van der Waals surface area (Å²) in [5, 5.41) is 8.84. The number of allylic oxidation sites excluding steroid dienone is 2. The van der Waals surface area contributed by atoms with E-state index < -0.39 is 51.1 Å². The minimum Gasteiger partial charge on any atom is -0.480 e. The summed E-state index contributed by atoms with van der Waals surface area (Å²) in [5.74, 6) is -2.39. The number of carboxylic acid groups (broad SMARTS) is 1. The molecule has 0 aromatic carbocycles. The van der Waals surface area contributed by atoms with Gasteiger partial charge in [0.25, 0.3) is 0 Å². The lowest BCUT2D eigenvalue weighted by molar-refractivity contribution is -0.161. The first-order chi connectivity index (χ1) is 23.1. The fourth-order valence-corrected chi connectivity index (χ4v) is 5.78. The first kappa shape index (κ1) is 46.2. The van der Waals surface area contributed by atoms with Gasteiger partial charge in [-0.1, -0.05) is 129 Å². The number of phosphoric ester groups is 1. The highest BCUT2D eigenvalue weighted by molar-refractivity contribution is 7.47. The summed E-state index contributed by atoms with van der Waals surface area (Å²) >= 11 is 0. The van der Waals surface area contributed by atoms with Crippen molar-refractivity contribution in [2.75, 3.05) is 19.8 Å². The highest BCUT2D eigenvalue weighted by atomic mass is 31.2. The molecule has 0 aromatic rings. The molecule has 3 unspecified atom stereocenters. The Morgan fingerprint density at radius 2 is 1.04 bits per heavy atom. The maximum Gasteiger partial charge on any atom is 0.472 e. The van der Waals surface area contributed by atoms with Crippen LogP contribution in [-0.4, -0.2) is 59.9 Å². The number of esters is 2. The lowest BCUT2D eigenvalue weighted by atomic mass is 10.1. The predicted molar refractivity (Wildman–Crippen MR) is 189 cm³/mol. The van der Waals surface area contributed by atoms with Crippen LogP contribution in [0.25, 0.3) is 0 Å². The number of aliphatic carboxylic acids is 1. The van der Waals surface area contributed by atoms with E-state index in [4.69, 9.17) is 24.8 Å². The van der Waals surface area contributed by atoms with Crippen molar-refractivity contribution in [3.63, 3.8) is 0 Å². The van der Waals surface area contributed by atoms with E-state index in [0.29, 0.717) is 12.8 Å². The lowest BCUT2D eigenvalue weighted by Crippen LogP contribution is -2.34. The Bertz CT molecular complexity index is 885. The summed E-state index contributed by atoms with van der Waals surface area (Å²) in [6.45, 7) is 2.75. The standard InChI is InChI=1S/C36H68NO10P/c1-3-5-7-9-11-13-15-16-18-20-22-24-26-28-35(39)47-32(30-45-48(42,43)46-31-33(37)36(40)41)29-44-34(38)27-25-23-21-19-17-14-12-10-8-6-4-2/h13,15,32-33H,3-12,14,16-31,37H2,1-2H3,(H,40,41)(H,42,43)/b15-13-. The molecule has 0 aliphatic carbocycles. The van der Waals surface area contributed by atoms with E-state index in [1.165, 1.54) is 70.6 Å². The Labute approximate surface area is 290 Å². The molecular formula is C36H68NO10P. The van der Waals surface area contributed by atoms with E-state index in [9.17, 15) is 23.8 Å². The fraction of sp³-hybridized carbons (Fsp3) is 0.861. The Hall–Kier alpha value is -1.78. The van der Waals surface area contributed by atoms with Crippen LogP contribution in [0.5, 0.6) is 0 Å². The van der Waals surface area contributed by atoms with Crippen molar-refractivity contribution < 1.29 is 47.5 Å². The summed E-state index contributed by atoms with van der Waals surface area (Å²) < 4.78 is 32.5. The number of rotatable bonds is 35. The number of nitrogens with two attached hydrogens (primary N) is 1. The third-order valence-corrected chi connectivity index (χ3v) is 8.96. The van der Waals surface area contributed by atoms with Crippen LogP contribution in [0, 0.1) is 0 Å². The molecular weight excluding hydrogens is 637 g/mol. The van der Waals surface area contributed by atoms with Gasteiger partial charge in [-0.2, -0.15) is 0 Å². The molecule has 0 aromatic heterocycles. The summed E-state index contributed by atoms with van der Waals surface area (Å²) in [6.07, 6.45) is 28.5. The Morgan fingerprint density at radius 3 is 1.54 bits per heavy atom. The molecule has 0 aliphatic rings. The van der Waals surface area contributed by atoms with Gasteiger partial charge in [0.15, 0.2) is 6.10 Å². The second-order valence-electron chi connectivity index (χ2n) is 12.7. The molecule has 48 heavy (non-hydrogen) atoms. The Balaban J connectivity index is 4.46. The Morgan fingerprint density at radius 1 is 0.625 bits per heavy atom. The molecule has 0 heterocycles. The van der Waals surface area contributed by atoms with Crippen LogP contribution in [0.2, 0.25) is 0 Å². The van der Waals surface area contributed by atoms with Crippen molar-refractivity contribution in [1.29, 1.82) is 0 Å². The van der Waals surface area contributed by atoms with Crippen molar-refractivity contribution in [2.45, 2.75) is 180 Å². The topological polar surface area (TPSA) is 172 Å². The van der Waals surface area contributed by atoms with E-state index in [0.717, 1.165) is 57.8 Å². The third-order valence-electron chi connectivity index (χ3n) is 8.01. The molecule has 12 heteroatoms. The van der Waals surface area contributed by atoms with Crippen LogP contribution in [-0.2, 0) is 37.5 Å². The van der Waals surface area contributed by atoms with Crippen LogP contribution < -0.4 is 5.73 Å². The second kappa shape index (κ2) is 32.4. The largest absolute Gasteiger partial charge is 0.480 e. The lowest BCUT2D eigenvalue weighted by Gasteiger charge is -2.20. The second-order valence-corrected chi connectivity index (χ2v) is 14.2. The summed E-state index contributed by atoms with van der Waals surface area (Å²) in [4.78, 5) is 45.6. The third kappa shape index (κ3) is 31.5. The quantitative estimate of drug-likeness (QED) is 0.0249. The average molecular weight is 706 g/mol. The van der Waals surface area contributed by atoms with Gasteiger partial charge in [0.05, 0.1) is 13.2 Å². The average Bonchev–Trinajstić information content (AvgIpc) is 3.05. The molecule has 0 spiro atoms. The van der Waals surface area contributed by atoms with Gasteiger partial charge in [-0.15, -0.1) is 0 Å². The first-order valence-electron chi connectivity index (χ1n) is 18.7. The van der Waals surface area contributed by atoms with E-state index in [2.05, 4.69) is 30.5 Å². The zero-order valence-electron chi connectivity index (χ0n) is 30.1. The van der Waals surface area contributed by atoms with Crippen LogP contribution in [0.1, 0.15) is 168 Å². The molecule has 0 aliphatic heterocycles. The molecule has 282 valence electrons. The molecule has 0 saturated heterocycles. The highest BCUT2D eigenvalue weighted by Crippen LogP contribution is 2.43. The molecule has 0 saturated carbocycles. The van der Waals surface area contributed by atoms with E-state index in [1.54, 1.807) is 0 Å². The van der Waals surface area contributed by atoms with E-state index in [1.807, 2.05) is 0 Å². The van der Waals surface area contributed by atoms with Gasteiger partial charge in [-0.3, -0.25) is 23.4 Å². The first-order valence-corrected chi connectivity index (χ1v) is 20.2. The number of unbranched alkanes of at least 4 members (excludes halogenated alkanes) is 19. The smallest absolute Gasteiger partial charge is 0.472 e. The van der Waals surface area contributed by atoms with Gasteiger partial charge in [0.1, 0.15) is 12.6 Å². The van der Waals surface area contributed by atoms with Crippen LogP contribution in [0.4, 0.5) is 0 Å². The summed E-state index contributed by atoms with van der Waals surface area (Å²) in [6, 6.07) is -1.52. The number of phosphoric acid groups is 1. The number of ether oxygens (including phenoxy) is 2. The van der Waals surface area contributed by atoms with Crippen LogP contribution in [0.15, 0.2) is 12.2 Å². The molecule has 0 rings (SSSR count). The molecule has 0 fully saturated rings. The molecule has 0 radical (unpaired) electrons. The SMILES string of the molecule is CCCCCC/C=C\CCCCCCCC(=O)OC(COC(=O)CCCCCCCCCCCCC)COP(=O)(O)OCC(N)C(=O)O. The van der Waals surface area contributed by atoms with Gasteiger partial charge in [-0.05, 0) is 38.5 Å². The van der Waals surface area contributed by atoms with Gasteiger partial charge < -0.3 is 25.2 Å². The van der Waals surface area contributed by atoms with Crippen molar-refractivity contribution >= 4 is 25.7 Å². The minimum atomic E-state index is -4.70. The minimum absolute atomic E-state index is 0.154. The number of hydrogen-bond donors (Lipinski definition) is 3. The monoisotopic (exact) mass is 705 g/mol. The zero-order valence-corrected chi connectivity index (χ0v) is 31.0. The van der Waals surface area contributed by atoms with Crippen LogP contribution in [0.3, 0.4) is 0 Å². The number of carboxylic acids is 1. The maximum atomic E-state index is 12.5. The van der Waals surface area contributed by atoms with Crippen LogP contribution >= 0.6 is 7.82 Å². The highest BCUT2D eigenvalue weighted by Gasteiger charge is 2.28. The van der Waals surface area contributed by atoms with Gasteiger partial charge in [0, 0.05) is 12.8 Å². The number of carbonyl (C=O) groups excluding carboxylic acids is 2. The predicted octanol–water partition coefficient (Wildman–Crippen LogP) is 8.95. The van der Waals surface area contributed by atoms with Crippen molar-refractivity contribution in [1.82, 2.24) is 0 Å². The van der Waals surface area contributed by atoms with E-state index in [-0.39, 0.29) is 19.4 Å². The van der Waals surface area contributed by atoms with Crippen molar-refractivity contribution in [2.24, 2.45) is 5.73 Å². The zero-order chi connectivity index (χ0) is 35.7. The molecule has 4 N–H and O–H groups in total. The van der Waals surface area contributed by atoms with Gasteiger partial charge in [0.2, 0.25) is 0 Å². The number of hydrogen-bond acceptors (Lipinski definition) is 9. The molecule has 0 amide bonds. The van der Waals surface area contributed by atoms with Gasteiger partial charge >= 0.3 is 25.7 Å². The molecule has 3 atom stereocenters.